The molecule has 2 atom stereocenters. The molecule has 1 saturated heterocycles. The third kappa shape index (κ3) is 4.90. The van der Waals surface area contributed by atoms with Crippen LogP contribution in [-0.2, 0) is 9.53 Å². The molecule has 7 heteroatoms. The molecule has 0 aromatic heterocycles. The van der Waals surface area contributed by atoms with Gasteiger partial charge in [0.2, 0.25) is 5.91 Å². The van der Waals surface area contributed by atoms with Crippen LogP contribution in [0.3, 0.4) is 0 Å². The van der Waals surface area contributed by atoms with Crippen molar-refractivity contribution in [3.63, 3.8) is 0 Å². The summed E-state index contributed by atoms with van der Waals surface area (Å²) >= 11 is 0. The highest BCUT2D eigenvalue weighted by Crippen LogP contribution is 2.42. The van der Waals surface area contributed by atoms with E-state index in [1.807, 2.05) is 66.4 Å². The summed E-state index contributed by atoms with van der Waals surface area (Å²) in [6.07, 6.45) is 0.577. The molecule has 3 aromatic carbocycles. The van der Waals surface area contributed by atoms with Gasteiger partial charge in [0.1, 0.15) is 5.82 Å². The lowest BCUT2D eigenvalue weighted by atomic mass is 9.89. The molecule has 2 heterocycles. The Morgan fingerprint density at radius 3 is 2.33 bits per heavy atom. The summed E-state index contributed by atoms with van der Waals surface area (Å²) in [5, 5.41) is 0. The van der Waals surface area contributed by atoms with Crippen molar-refractivity contribution in [2.45, 2.75) is 25.4 Å². The van der Waals surface area contributed by atoms with Gasteiger partial charge in [0.15, 0.2) is 0 Å². The fraction of sp³-hybridized carbons (Fsp3) is 0.310. The number of hydrogen-bond donors (Lipinski definition) is 0. The molecule has 0 saturated carbocycles. The Labute approximate surface area is 210 Å². The second-order valence-electron chi connectivity index (χ2n) is 9.33. The minimum absolute atomic E-state index is 0.0217. The first-order valence-electron chi connectivity index (χ1n) is 12.4. The molecular formula is C29H30FN3O3. The van der Waals surface area contributed by atoms with E-state index in [1.54, 1.807) is 4.90 Å². The summed E-state index contributed by atoms with van der Waals surface area (Å²) in [4.78, 5) is 33.2. The maximum atomic E-state index is 13.8. The number of amides is 2. The van der Waals surface area contributed by atoms with Gasteiger partial charge in [-0.05, 0) is 61.4 Å². The highest BCUT2D eigenvalue weighted by atomic mass is 19.1. The van der Waals surface area contributed by atoms with Crippen LogP contribution in [0, 0.1) is 5.82 Å². The Kier molecular flexibility index (Phi) is 7.11. The van der Waals surface area contributed by atoms with Crippen LogP contribution in [0.15, 0.2) is 78.9 Å². The van der Waals surface area contributed by atoms with Crippen LogP contribution >= 0.6 is 0 Å². The Morgan fingerprint density at radius 1 is 0.944 bits per heavy atom. The number of hydrogen-bond acceptors (Lipinski definition) is 4. The average molecular weight is 488 g/mol. The SMILES string of the molecule is C[C@H]1C[C@@H](N(C(=O)CN2CCOCC2)c2ccccc2)c2ccccc2N1C(=O)c1ccc(F)cc1. The summed E-state index contributed by atoms with van der Waals surface area (Å²) in [7, 11) is 0. The lowest BCUT2D eigenvalue weighted by Gasteiger charge is -2.44. The van der Waals surface area contributed by atoms with Crippen LogP contribution in [0.4, 0.5) is 15.8 Å². The van der Waals surface area contributed by atoms with E-state index >= 15 is 0 Å². The summed E-state index contributed by atoms with van der Waals surface area (Å²) in [6.45, 7) is 5.02. The number of morpholine rings is 1. The van der Waals surface area contributed by atoms with Gasteiger partial charge >= 0.3 is 0 Å². The average Bonchev–Trinajstić information content (AvgIpc) is 2.90. The van der Waals surface area contributed by atoms with Gasteiger partial charge in [0.25, 0.3) is 5.91 Å². The summed E-state index contributed by atoms with van der Waals surface area (Å²) < 4.78 is 18.9. The molecular weight excluding hydrogens is 457 g/mol. The van der Waals surface area contributed by atoms with Crippen molar-refractivity contribution in [3.8, 4) is 0 Å². The quantitative estimate of drug-likeness (QED) is 0.525. The van der Waals surface area contributed by atoms with Gasteiger partial charge in [-0.1, -0.05) is 36.4 Å². The molecule has 0 radical (unpaired) electrons. The predicted molar refractivity (Wildman–Crippen MR) is 138 cm³/mol. The number of fused-ring (bicyclic) bond motifs is 1. The third-order valence-corrected chi connectivity index (χ3v) is 6.95. The van der Waals surface area contributed by atoms with Crippen LogP contribution in [0.2, 0.25) is 0 Å². The number of anilines is 2. The second kappa shape index (κ2) is 10.6. The molecule has 0 spiro atoms. The molecule has 0 N–H and O–H groups in total. The van der Waals surface area contributed by atoms with Gasteiger partial charge in [-0.25, -0.2) is 4.39 Å². The first-order valence-corrected chi connectivity index (χ1v) is 12.4. The van der Waals surface area contributed by atoms with Gasteiger partial charge in [0, 0.05) is 36.1 Å². The van der Waals surface area contributed by atoms with E-state index < -0.39 is 0 Å². The van der Waals surface area contributed by atoms with E-state index in [9.17, 15) is 14.0 Å². The van der Waals surface area contributed by atoms with Crippen molar-refractivity contribution in [1.29, 1.82) is 0 Å². The van der Waals surface area contributed by atoms with E-state index in [4.69, 9.17) is 4.74 Å². The third-order valence-electron chi connectivity index (χ3n) is 6.95. The normalized spacial score (nSPS) is 20.0. The van der Waals surface area contributed by atoms with Crippen LogP contribution in [-0.4, -0.2) is 55.6 Å². The Morgan fingerprint density at radius 2 is 1.61 bits per heavy atom. The van der Waals surface area contributed by atoms with Gasteiger partial charge < -0.3 is 14.5 Å². The molecule has 2 amide bonds. The molecule has 5 rings (SSSR count). The van der Waals surface area contributed by atoms with Crippen molar-refractivity contribution >= 4 is 23.2 Å². The Hall–Kier alpha value is -3.55. The molecule has 0 aliphatic carbocycles. The number of nitrogens with zero attached hydrogens (tertiary/aromatic N) is 3. The molecule has 36 heavy (non-hydrogen) atoms. The van der Waals surface area contributed by atoms with E-state index in [1.165, 1.54) is 24.3 Å². The number of para-hydroxylation sites is 2. The lowest BCUT2D eigenvalue weighted by molar-refractivity contribution is -0.121. The second-order valence-corrected chi connectivity index (χ2v) is 9.33. The maximum absolute atomic E-state index is 13.8. The van der Waals surface area contributed by atoms with E-state index in [0.717, 1.165) is 30.0 Å². The highest BCUT2D eigenvalue weighted by Gasteiger charge is 2.39. The number of halogens is 1. The zero-order chi connectivity index (χ0) is 25.1. The van der Waals surface area contributed by atoms with E-state index in [2.05, 4.69) is 4.90 Å². The number of carbonyl (C=O) groups is 2. The standard InChI is InChI=1S/C29H30FN3O3/c1-21-19-27(33(24-7-3-2-4-8-24)28(34)20-31-15-17-36-18-16-31)25-9-5-6-10-26(25)32(21)29(35)22-11-13-23(30)14-12-22/h2-14,21,27H,15-20H2,1H3/t21-,27+/m0/s1. The van der Waals surface area contributed by atoms with Gasteiger partial charge in [-0.2, -0.15) is 0 Å². The van der Waals surface area contributed by atoms with Crippen molar-refractivity contribution < 1.29 is 18.7 Å². The number of benzene rings is 3. The summed E-state index contributed by atoms with van der Waals surface area (Å²) in [5.41, 5.74) is 2.96. The van der Waals surface area contributed by atoms with Crippen LogP contribution in [0.25, 0.3) is 0 Å². The minimum atomic E-state index is -0.379. The Balaban J connectivity index is 1.51. The molecule has 1 fully saturated rings. The van der Waals surface area contributed by atoms with Crippen LogP contribution < -0.4 is 9.80 Å². The number of rotatable bonds is 5. The van der Waals surface area contributed by atoms with Crippen LogP contribution in [0.1, 0.15) is 35.3 Å². The molecule has 2 aliphatic heterocycles. The molecule has 0 bridgehead atoms. The monoisotopic (exact) mass is 487 g/mol. The van der Waals surface area contributed by atoms with Crippen molar-refractivity contribution in [2.24, 2.45) is 0 Å². The first-order chi connectivity index (χ1) is 17.5. The lowest BCUT2D eigenvalue weighted by Crippen LogP contribution is -2.50. The fourth-order valence-corrected chi connectivity index (χ4v) is 5.18. The maximum Gasteiger partial charge on any atom is 0.258 e. The molecule has 6 nitrogen and oxygen atoms in total. The molecule has 2 aliphatic rings. The highest BCUT2D eigenvalue weighted by molar-refractivity contribution is 6.07. The van der Waals surface area contributed by atoms with Crippen LogP contribution in [0.5, 0.6) is 0 Å². The largest absolute Gasteiger partial charge is 0.379 e. The molecule has 3 aromatic rings. The van der Waals surface area contributed by atoms with E-state index in [0.29, 0.717) is 31.7 Å². The topological polar surface area (TPSA) is 53.1 Å². The minimum Gasteiger partial charge on any atom is -0.379 e. The summed E-state index contributed by atoms with van der Waals surface area (Å²) in [6, 6.07) is 22.7. The first kappa shape index (κ1) is 24.2. The van der Waals surface area contributed by atoms with Gasteiger partial charge in [-0.15, -0.1) is 0 Å². The molecule has 186 valence electrons. The smallest absolute Gasteiger partial charge is 0.258 e. The van der Waals surface area contributed by atoms with Gasteiger partial charge in [-0.3, -0.25) is 14.5 Å². The van der Waals surface area contributed by atoms with Crippen molar-refractivity contribution in [2.75, 3.05) is 42.6 Å². The zero-order valence-electron chi connectivity index (χ0n) is 20.3. The van der Waals surface area contributed by atoms with E-state index in [-0.39, 0.29) is 29.7 Å². The zero-order valence-corrected chi connectivity index (χ0v) is 20.3. The Bertz CT molecular complexity index is 1210. The summed E-state index contributed by atoms with van der Waals surface area (Å²) in [5.74, 6) is -0.538. The van der Waals surface area contributed by atoms with Gasteiger partial charge in [0.05, 0.1) is 25.8 Å². The number of ether oxygens (including phenoxy) is 1. The van der Waals surface area contributed by atoms with Crippen molar-refractivity contribution in [1.82, 2.24) is 4.90 Å². The van der Waals surface area contributed by atoms with Crippen molar-refractivity contribution in [3.05, 3.63) is 95.8 Å². The predicted octanol–water partition coefficient (Wildman–Crippen LogP) is 4.67. The fourth-order valence-electron chi connectivity index (χ4n) is 5.18. The molecule has 0 unspecified atom stereocenters. The number of carbonyl (C=O) groups excluding carboxylic acids is 2.